The van der Waals surface area contributed by atoms with Crippen LogP contribution in [-0.2, 0) is 9.53 Å². The van der Waals surface area contributed by atoms with E-state index in [1.807, 2.05) is 0 Å². The summed E-state index contributed by atoms with van der Waals surface area (Å²) < 4.78 is 5.38. The summed E-state index contributed by atoms with van der Waals surface area (Å²) in [6.07, 6.45) is 8.56. The third-order valence-electron chi connectivity index (χ3n) is 4.27. The van der Waals surface area contributed by atoms with Crippen LogP contribution in [0.3, 0.4) is 0 Å². The quantitative estimate of drug-likeness (QED) is 0.470. The Kier molecular flexibility index (Phi) is 1.73. The monoisotopic (exact) mass is 192 g/mol. The van der Waals surface area contributed by atoms with Gasteiger partial charge in [0.15, 0.2) is 0 Å². The van der Waals surface area contributed by atoms with E-state index in [0.717, 1.165) is 24.2 Å². The van der Waals surface area contributed by atoms with Crippen molar-refractivity contribution in [3.63, 3.8) is 0 Å². The zero-order chi connectivity index (χ0) is 9.71. The number of rotatable bonds is 1. The molecule has 0 unspecified atom stereocenters. The molecule has 14 heavy (non-hydrogen) atoms. The summed E-state index contributed by atoms with van der Waals surface area (Å²) in [5.41, 5.74) is 0. The van der Waals surface area contributed by atoms with Gasteiger partial charge >= 0.3 is 5.97 Å². The van der Waals surface area contributed by atoms with Crippen molar-refractivity contribution in [1.29, 1.82) is 0 Å². The molecule has 0 aromatic carbocycles. The van der Waals surface area contributed by atoms with Crippen LogP contribution in [0.5, 0.6) is 0 Å². The first-order valence-corrected chi connectivity index (χ1v) is 5.59. The highest BCUT2D eigenvalue weighted by Gasteiger charge is 2.53. The molecule has 0 aliphatic heterocycles. The van der Waals surface area contributed by atoms with Gasteiger partial charge in [0.1, 0.15) is 6.10 Å². The predicted octanol–water partition coefficient (Wildman–Crippen LogP) is 2.15. The molecule has 2 nitrogen and oxygen atoms in total. The first-order chi connectivity index (χ1) is 6.75. The Hall–Kier alpha value is -0.790. The fourth-order valence-corrected chi connectivity index (χ4v) is 3.83. The lowest BCUT2D eigenvalue weighted by molar-refractivity contribution is -0.149. The highest BCUT2D eigenvalue weighted by molar-refractivity contribution is 5.66. The van der Waals surface area contributed by atoms with Crippen LogP contribution in [-0.4, -0.2) is 12.1 Å². The Labute approximate surface area is 84.3 Å². The Bertz CT molecular complexity index is 295. The Balaban J connectivity index is 1.76. The van der Waals surface area contributed by atoms with Gasteiger partial charge < -0.3 is 4.74 Å². The van der Waals surface area contributed by atoms with Gasteiger partial charge in [0.25, 0.3) is 0 Å². The zero-order valence-corrected chi connectivity index (χ0v) is 8.48. The largest absolute Gasteiger partial charge is 0.462 e. The van der Waals surface area contributed by atoms with E-state index in [4.69, 9.17) is 4.74 Å². The number of allylic oxidation sites excluding steroid dienone is 2. The van der Waals surface area contributed by atoms with E-state index in [9.17, 15) is 4.79 Å². The minimum atomic E-state index is -0.110. The molecule has 3 rings (SSSR count). The summed E-state index contributed by atoms with van der Waals surface area (Å²) >= 11 is 0. The second-order valence-corrected chi connectivity index (χ2v) is 4.95. The first-order valence-electron chi connectivity index (χ1n) is 5.59. The molecule has 0 aromatic rings. The third kappa shape index (κ3) is 1.06. The van der Waals surface area contributed by atoms with Crippen LogP contribution in [0, 0.1) is 23.7 Å². The van der Waals surface area contributed by atoms with E-state index in [1.165, 1.54) is 19.8 Å². The lowest BCUT2D eigenvalue weighted by atomic mass is 9.80. The van der Waals surface area contributed by atoms with Crippen molar-refractivity contribution in [2.24, 2.45) is 23.7 Å². The van der Waals surface area contributed by atoms with Crippen molar-refractivity contribution in [2.75, 3.05) is 0 Å². The lowest BCUT2D eigenvalue weighted by Crippen LogP contribution is -2.31. The lowest BCUT2D eigenvalue weighted by Gasteiger charge is -2.30. The van der Waals surface area contributed by atoms with Crippen LogP contribution in [0.2, 0.25) is 0 Å². The van der Waals surface area contributed by atoms with E-state index in [1.54, 1.807) is 0 Å². The molecule has 3 aliphatic carbocycles. The molecule has 5 atom stereocenters. The van der Waals surface area contributed by atoms with Crippen molar-refractivity contribution in [3.8, 4) is 0 Å². The summed E-state index contributed by atoms with van der Waals surface area (Å²) in [5.74, 6) is 2.95. The molecule has 0 N–H and O–H groups in total. The number of fused-ring (bicyclic) bond motifs is 5. The molecule has 76 valence electrons. The van der Waals surface area contributed by atoms with E-state index in [-0.39, 0.29) is 12.1 Å². The average molecular weight is 192 g/mol. The van der Waals surface area contributed by atoms with Crippen molar-refractivity contribution in [3.05, 3.63) is 12.2 Å². The normalized spacial score (nSPS) is 48.2. The number of hydrogen-bond acceptors (Lipinski definition) is 2. The van der Waals surface area contributed by atoms with Crippen molar-refractivity contribution >= 4 is 5.97 Å². The molecule has 0 amide bonds. The summed E-state index contributed by atoms with van der Waals surface area (Å²) in [7, 11) is 0. The molecule has 2 heteroatoms. The van der Waals surface area contributed by atoms with Crippen LogP contribution in [0.25, 0.3) is 0 Å². The summed E-state index contributed by atoms with van der Waals surface area (Å²) in [5, 5.41) is 0. The Morgan fingerprint density at radius 1 is 1.36 bits per heavy atom. The van der Waals surface area contributed by atoms with Gasteiger partial charge in [-0.25, -0.2) is 0 Å². The number of carbonyl (C=O) groups is 1. The topological polar surface area (TPSA) is 26.3 Å². The van der Waals surface area contributed by atoms with E-state index in [2.05, 4.69) is 12.2 Å². The fourth-order valence-electron chi connectivity index (χ4n) is 3.83. The van der Waals surface area contributed by atoms with Gasteiger partial charge in [-0.1, -0.05) is 12.2 Å². The maximum atomic E-state index is 10.9. The van der Waals surface area contributed by atoms with Crippen LogP contribution >= 0.6 is 0 Å². The second-order valence-electron chi connectivity index (χ2n) is 4.95. The molecule has 0 heterocycles. The van der Waals surface area contributed by atoms with Crippen LogP contribution in [0.15, 0.2) is 12.2 Å². The van der Waals surface area contributed by atoms with E-state index < -0.39 is 0 Å². The molecule has 0 radical (unpaired) electrons. The molecule has 2 bridgehead atoms. The SMILES string of the molecule is CC(=O)O[C@@H]1C[C@@H]2C[C@@H]1[C@H]1C=CC[C@H]21. The number of esters is 1. The minimum Gasteiger partial charge on any atom is -0.462 e. The van der Waals surface area contributed by atoms with Gasteiger partial charge in [-0.2, -0.15) is 0 Å². The predicted molar refractivity (Wildman–Crippen MR) is 52.5 cm³/mol. The Morgan fingerprint density at radius 3 is 3.00 bits per heavy atom. The molecule has 2 saturated carbocycles. The van der Waals surface area contributed by atoms with Gasteiger partial charge in [0.05, 0.1) is 0 Å². The molecule has 0 aromatic heterocycles. The third-order valence-corrected chi connectivity index (χ3v) is 4.27. The molecule has 2 fully saturated rings. The number of hydrogen-bond donors (Lipinski definition) is 0. The molecular formula is C12H16O2. The highest BCUT2D eigenvalue weighted by atomic mass is 16.5. The van der Waals surface area contributed by atoms with Gasteiger partial charge in [-0.15, -0.1) is 0 Å². The first kappa shape index (κ1) is 8.51. The molecule has 0 saturated heterocycles. The van der Waals surface area contributed by atoms with Gasteiger partial charge in [0, 0.05) is 12.8 Å². The highest BCUT2D eigenvalue weighted by Crippen LogP contribution is 2.57. The van der Waals surface area contributed by atoms with E-state index in [0.29, 0.717) is 5.92 Å². The van der Waals surface area contributed by atoms with Crippen molar-refractivity contribution in [1.82, 2.24) is 0 Å². The van der Waals surface area contributed by atoms with Gasteiger partial charge in [-0.3, -0.25) is 4.79 Å². The average Bonchev–Trinajstić information content (AvgIpc) is 2.68. The second kappa shape index (κ2) is 2.85. The molecular weight excluding hydrogens is 176 g/mol. The molecule has 3 aliphatic rings. The van der Waals surface area contributed by atoms with Gasteiger partial charge in [0.2, 0.25) is 0 Å². The van der Waals surface area contributed by atoms with E-state index >= 15 is 0 Å². The number of ether oxygens (including phenoxy) is 1. The van der Waals surface area contributed by atoms with Crippen LogP contribution in [0.4, 0.5) is 0 Å². The number of carbonyl (C=O) groups excluding carboxylic acids is 1. The molecule has 0 spiro atoms. The van der Waals surface area contributed by atoms with Crippen LogP contribution < -0.4 is 0 Å². The van der Waals surface area contributed by atoms with Crippen LogP contribution in [0.1, 0.15) is 26.2 Å². The smallest absolute Gasteiger partial charge is 0.302 e. The van der Waals surface area contributed by atoms with Gasteiger partial charge in [-0.05, 0) is 37.0 Å². The summed E-state index contributed by atoms with van der Waals surface area (Å²) in [6.45, 7) is 1.52. The van der Waals surface area contributed by atoms with Crippen molar-refractivity contribution in [2.45, 2.75) is 32.3 Å². The van der Waals surface area contributed by atoms with Crippen molar-refractivity contribution < 1.29 is 9.53 Å². The standard InChI is InChI=1S/C12H16O2/c1-7(13)14-12-6-8-5-11(12)10-4-2-3-9(8)10/h2,4,8-12H,3,5-6H2,1H3/t8-,9+,10-,11+,12+/m0/s1. The maximum absolute atomic E-state index is 10.9. The Morgan fingerprint density at radius 2 is 2.21 bits per heavy atom. The zero-order valence-electron chi connectivity index (χ0n) is 8.48. The fraction of sp³-hybridized carbons (Fsp3) is 0.750. The minimum absolute atomic E-state index is 0.110. The summed E-state index contributed by atoms with van der Waals surface area (Å²) in [6, 6.07) is 0. The maximum Gasteiger partial charge on any atom is 0.302 e. The summed E-state index contributed by atoms with van der Waals surface area (Å²) in [4.78, 5) is 10.9.